The molecule has 1 aliphatic heterocycles. The molecule has 6 heteroatoms. The zero-order valence-corrected chi connectivity index (χ0v) is 25.8. The van der Waals surface area contributed by atoms with E-state index in [1.165, 1.54) is 0 Å². The van der Waals surface area contributed by atoms with Gasteiger partial charge in [-0.1, -0.05) is 102 Å². The highest BCUT2D eigenvalue weighted by Gasteiger charge is 2.55. The minimum atomic E-state index is -1.63. The maximum absolute atomic E-state index is 14.5. The number of fused-ring (bicyclic) bond motifs is 1. The predicted molar refractivity (Wildman–Crippen MR) is 168 cm³/mol. The van der Waals surface area contributed by atoms with Gasteiger partial charge in [0.25, 0.3) is 5.91 Å². The number of phenolic OH excluding ortho intramolecular Hbond substituents is 1. The Morgan fingerprint density at radius 3 is 1.95 bits per heavy atom. The van der Waals surface area contributed by atoms with E-state index in [9.17, 15) is 14.7 Å². The molecule has 0 radical (unpaired) electrons. The first kappa shape index (κ1) is 29.9. The molecule has 1 amide bonds. The molecule has 0 aliphatic carbocycles. The number of para-hydroxylation sites is 1. The topological polar surface area (TPSA) is 84.9 Å². The Morgan fingerprint density at radius 1 is 0.837 bits per heavy atom. The van der Waals surface area contributed by atoms with Crippen LogP contribution in [-0.4, -0.2) is 24.1 Å². The summed E-state index contributed by atoms with van der Waals surface area (Å²) >= 11 is 0. The van der Waals surface area contributed by atoms with Crippen LogP contribution in [0.5, 0.6) is 17.2 Å². The summed E-state index contributed by atoms with van der Waals surface area (Å²) < 4.78 is 11.3. The molecule has 0 fully saturated rings. The number of hydrogen-bond acceptors (Lipinski definition) is 5. The Hall–Kier alpha value is -4.58. The fraction of sp³-hybridized carbons (Fsp3) is 0.297. The first-order valence-electron chi connectivity index (χ1n) is 14.5. The van der Waals surface area contributed by atoms with E-state index in [0.717, 1.165) is 22.3 Å². The minimum absolute atomic E-state index is 0.239. The molecule has 4 aromatic carbocycles. The maximum atomic E-state index is 14.5. The monoisotopic (exact) mass is 577 g/mol. The lowest BCUT2D eigenvalue weighted by Gasteiger charge is -2.44. The molecule has 2 N–H and O–H groups in total. The summed E-state index contributed by atoms with van der Waals surface area (Å²) in [7, 11) is 1.56. The summed E-state index contributed by atoms with van der Waals surface area (Å²) in [5.74, 6) is -0.414. The van der Waals surface area contributed by atoms with Crippen LogP contribution in [0.25, 0.3) is 0 Å². The van der Waals surface area contributed by atoms with Crippen LogP contribution < -0.4 is 14.8 Å². The third-order valence-corrected chi connectivity index (χ3v) is 8.16. The summed E-state index contributed by atoms with van der Waals surface area (Å²) in [5, 5.41) is 14.7. The third-order valence-electron chi connectivity index (χ3n) is 8.16. The highest BCUT2D eigenvalue weighted by Crippen LogP contribution is 2.52. The number of benzene rings is 4. The molecule has 0 saturated carbocycles. The number of phenols is 1. The van der Waals surface area contributed by atoms with E-state index in [1.54, 1.807) is 37.4 Å². The molecule has 5 rings (SSSR count). The van der Waals surface area contributed by atoms with Crippen LogP contribution in [0.1, 0.15) is 85.6 Å². The number of esters is 1. The molecule has 1 heterocycles. The van der Waals surface area contributed by atoms with Crippen LogP contribution in [0.15, 0.2) is 91.0 Å². The molecular weight excluding hydrogens is 538 g/mol. The van der Waals surface area contributed by atoms with Crippen LogP contribution >= 0.6 is 0 Å². The standard InChI is InChI=1S/C37H39NO5/c1-35(2,3)28-21-24(22-29(32(28)39)36(4,5)6)31-27-15-11-12-16-30(27)43-34(41)37(31,25-13-9-8-10-14-25)38-33(40)23-17-19-26(42-7)20-18-23/h8-22,31,39H,1-7H3,(H,38,40)/t31-,37-/m0/s1. The van der Waals surface area contributed by atoms with Crippen molar-refractivity contribution in [3.8, 4) is 17.2 Å². The third kappa shape index (κ3) is 5.38. The second-order valence-corrected chi connectivity index (χ2v) is 13.2. The lowest BCUT2D eigenvalue weighted by Crippen LogP contribution is -2.59. The summed E-state index contributed by atoms with van der Waals surface area (Å²) in [6.07, 6.45) is 0. The van der Waals surface area contributed by atoms with Crippen molar-refractivity contribution in [1.29, 1.82) is 0 Å². The van der Waals surface area contributed by atoms with Gasteiger partial charge in [-0.05, 0) is 63.4 Å². The van der Waals surface area contributed by atoms with Gasteiger partial charge in [0.2, 0.25) is 0 Å². The van der Waals surface area contributed by atoms with Gasteiger partial charge in [-0.25, -0.2) is 4.79 Å². The van der Waals surface area contributed by atoms with Gasteiger partial charge >= 0.3 is 5.97 Å². The Bertz CT molecular complexity index is 1630. The van der Waals surface area contributed by atoms with Crippen molar-refractivity contribution in [2.75, 3.05) is 7.11 Å². The molecule has 1 aliphatic rings. The zero-order chi connectivity index (χ0) is 31.2. The van der Waals surface area contributed by atoms with Crippen molar-refractivity contribution in [3.05, 3.63) is 124 Å². The molecule has 6 nitrogen and oxygen atoms in total. The van der Waals surface area contributed by atoms with Crippen molar-refractivity contribution in [3.63, 3.8) is 0 Å². The van der Waals surface area contributed by atoms with Crippen LogP contribution in [0, 0.1) is 0 Å². The molecule has 2 atom stereocenters. The molecule has 0 unspecified atom stereocenters. The fourth-order valence-corrected chi connectivity index (χ4v) is 5.91. The lowest BCUT2D eigenvalue weighted by atomic mass is 9.67. The van der Waals surface area contributed by atoms with Crippen LogP contribution in [0.2, 0.25) is 0 Å². The van der Waals surface area contributed by atoms with E-state index < -0.39 is 34.2 Å². The maximum Gasteiger partial charge on any atom is 0.343 e. The molecule has 4 aromatic rings. The highest BCUT2D eigenvalue weighted by atomic mass is 16.5. The molecule has 0 spiro atoms. The predicted octanol–water partition coefficient (Wildman–Crippen LogP) is 7.37. The summed E-state index contributed by atoms with van der Waals surface area (Å²) in [5.41, 5.74) is 1.58. The number of aromatic hydroxyl groups is 1. The molecule has 0 saturated heterocycles. The second-order valence-electron chi connectivity index (χ2n) is 13.2. The number of carbonyl (C=O) groups excluding carboxylic acids is 2. The van der Waals surface area contributed by atoms with Crippen molar-refractivity contribution in [1.82, 2.24) is 5.32 Å². The van der Waals surface area contributed by atoms with Crippen molar-refractivity contribution < 1.29 is 24.2 Å². The van der Waals surface area contributed by atoms with E-state index in [1.807, 2.05) is 60.7 Å². The number of methoxy groups -OCH3 is 1. The number of carbonyl (C=O) groups is 2. The number of amides is 1. The number of hydrogen-bond donors (Lipinski definition) is 2. The van der Waals surface area contributed by atoms with E-state index in [-0.39, 0.29) is 5.75 Å². The van der Waals surface area contributed by atoms with Gasteiger partial charge < -0.3 is 19.9 Å². The van der Waals surface area contributed by atoms with Gasteiger partial charge in [-0.2, -0.15) is 0 Å². The normalized spacial score (nSPS) is 18.4. The number of ether oxygens (including phenoxy) is 2. The van der Waals surface area contributed by atoms with Crippen LogP contribution in [-0.2, 0) is 21.2 Å². The fourth-order valence-electron chi connectivity index (χ4n) is 5.91. The van der Waals surface area contributed by atoms with Gasteiger partial charge in [-0.15, -0.1) is 0 Å². The number of rotatable bonds is 5. The summed E-state index contributed by atoms with van der Waals surface area (Å²) in [6, 6.07) is 27.4. The van der Waals surface area contributed by atoms with Gasteiger partial charge in [0.05, 0.1) is 13.0 Å². The van der Waals surface area contributed by atoms with E-state index in [4.69, 9.17) is 9.47 Å². The van der Waals surface area contributed by atoms with Gasteiger partial charge in [0, 0.05) is 11.1 Å². The second kappa shape index (κ2) is 10.9. The largest absolute Gasteiger partial charge is 0.507 e. The molecule has 0 aromatic heterocycles. The van der Waals surface area contributed by atoms with Crippen molar-refractivity contribution in [2.24, 2.45) is 0 Å². The quantitative estimate of drug-likeness (QED) is 0.191. The zero-order valence-electron chi connectivity index (χ0n) is 25.8. The highest BCUT2D eigenvalue weighted by molar-refractivity contribution is 6.00. The average molecular weight is 578 g/mol. The van der Waals surface area contributed by atoms with Crippen LogP contribution in [0.3, 0.4) is 0 Å². The van der Waals surface area contributed by atoms with E-state index in [0.29, 0.717) is 22.6 Å². The van der Waals surface area contributed by atoms with Gasteiger partial charge in [-0.3, -0.25) is 4.79 Å². The molecule has 43 heavy (non-hydrogen) atoms. The average Bonchev–Trinajstić information content (AvgIpc) is 2.97. The smallest absolute Gasteiger partial charge is 0.343 e. The Kier molecular flexibility index (Phi) is 7.59. The molecular formula is C37H39NO5. The minimum Gasteiger partial charge on any atom is -0.507 e. The van der Waals surface area contributed by atoms with Crippen molar-refractivity contribution >= 4 is 11.9 Å². The molecule has 0 bridgehead atoms. The summed E-state index contributed by atoms with van der Waals surface area (Å²) in [4.78, 5) is 28.5. The first-order chi connectivity index (χ1) is 20.3. The number of nitrogens with one attached hydrogen (secondary N) is 1. The van der Waals surface area contributed by atoms with E-state index >= 15 is 0 Å². The van der Waals surface area contributed by atoms with E-state index in [2.05, 4.69) is 46.9 Å². The Balaban J connectivity index is 1.84. The Morgan fingerprint density at radius 2 is 1.40 bits per heavy atom. The van der Waals surface area contributed by atoms with Gasteiger partial charge in [0.1, 0.15) is 17.2 Å². The first-order valence-corrected chi connectivity index (χ1v) is 14.5. The summed E-state index contributed by atoms with van der Waals surface area (Å²) in [6.45, 7) is 12.3. The van der Waals surface area contributed by atoms with Crippen LogP contribution in [0.4, 0.5) is 0 Å². The lowest BCUT2D eigenvalue weighted by molar-refractivity contribution is -0.144. The van der Waals surface area contributed by atoms with Crippen molar-refractivity contribution in [2.45, 2.75) is 63.8 Å². The molecule has 222 valence electrons. The Labute approximate surface area is 253 Å². The van der Waals surface area contributed by atoms with Gasteiger partial charge in [0.15, 0.2) is 5.54 Å². The SMILES string of the molecule is COc1ccc(C(=O)N[C@]2(c3ccccc3)C(=O)Oc3ccccc3[C@@H]2c2cc(C(C)(C)C)c(O)c(C(C)(C)C)c2)cc1.